The first-order valence-electron chi connectivity index (χ1n) is 8.24. The molecule has 5 nitrogen and oxygen atoms in total. The largest absolute Gasteiger partial charge is 0.494 e. The molecule has 0 atom stereocenters. The zero-order chi connectivity index (χ0) is 19.6. The van der Waals surface area contributed by atoms with Crippen LogP contribution >= 0.6 is 0 Å². The van der Waals surface area contributed by atoms with Crippen molar-refractivity contribution in [2.75, 3.05) is 13.7 Å². The fraction of sp³-hybridized carbons (Fsp3) is 0.263. The lowest BCUT2D eigenvalue weighted by atomic mass is 10.2. The van der Waals surface area contributed by atoms with Gasteiger partial charge in [0.15, 0.2) is 5.69 Å². The molecule has 2 heterocycles. The van der Waals surface area contributed by atoms with E-state index in [1.807, 2.05) is 6.92 Å². The van der Waals surface area contributed by atoms with Crippen molar-refractivity contribution in [1.82, 2.24) is 14.5 Å². The number of alkyl halides is 3. The van der Waals surface area contributed by atoms with Crippen LogP contribution in [0, 0.1) is 6.92 Å². The second kappa shape index (κ2) is 7.30. The summed E-state index contributed by atoms with van der Waals surface area (Å²) in [7, 11) is 1.48. The van der Waals surface area contributed by atoms with E-state index < -0.39 is 11.9 Å². The molecular weight excluding hydrogens is 359 g/mol. The number of imidazole rings is 1. The molecule has 0 N–H and O–H groups in total. The van der Waals surface area contributed by atoms with Crippen molar-refractivity contribution in [3.63, 3.8) is 0 Å². The molecule has 0 aliphatic heterocycles. The highest BCUT2D eigenvalue weighted by Crippen LogP contribution is 2.33. The second-order valence-electron chi connectivity index (χ2n) is 5.79. The van der Waals surface area contributed by atoms with Gasteiger partial charge in [-0.25, -0.2) is 9.97 Å². The SMILES string of the molecule is CCOc1ccc(-n2cc(C(F)(F)F)nc2-c2cnc(OC)c(C)c2)cc1. The van der Waals surface area contributed by atoms with Gasteiger partial charge in [-0.05, 0) is 44.2 Å². The molecule has 0 spiro atoms. The summed E-state index contributed by atoms with van der Waals surface area (Å²) >= 11 is 0. The van der Waals surface area contributed by atoms with Crippen LogP contribution in [0.25, 0.3) is 17.1 Å². The van der Waals surface area contributed by atoms with Gasteiger partial charge in [-0.3, -0.25) is 4.57 Å². The van der Waals surface area contributed by atoms with Gasteiger partial charge in [-0.15, -0.1) is 0 Å². The molecule has 8 heteroatoms. The average molecular weight is 377 g/mol. The van der Waals surface area contributed by atoms with Crippen LogP contribution in [0.3, 0.4) is 0 Å². The average Bonchev–Trinajstić information content (AvgIpc) is 3.08. The first-order chi connectivity index (χ1) is 12.8. The van der Waals surface area contributed by atoms with Gasteiger partial charge >= 0.3 is 6.18 Å². The number of hydrogen-bond acceptors (Lipinski definition) is 4. The Bertz CT molecular complexity index is 934. The Kier molecular flexibility index (Phi) is 5.07. The van der Waals surface area contributed by atoms with Crippen LogP contribution in [0.15, 0.2) is 42.7 Å². The minimum absolute atomic E-state index is 0.143. The molecule has 27 heavy (non-hydrogen) atoms. The zero-order valence-corrected chi connectivity index (χ0v) is 15.0. The molecular formula is C19H18F3N3O2. The van der Waals surface area contributed by atoms with E-state index in [-0.39, 0.29) is 5.82 Å². The molecule has 2 aromatic heterocycles. The molecule has 0 unspecified atom stereocenters. The van der Waals surface area contributed by atoms with Gasteiger partial charge in [0.25, 0.3) is 0 Å². The third kappa shape index (κ3) is 3.89. The van der Waals surface area contributed by atoms with E-state index in [1.165, 1.54) is 17.9 Å². The number of halogens is 3. The predicted molar refractivity (Wildman–Crippen MR) is 94.3 cm³/mol. The smallest absolute Gasteiger partial charge is 0.434 e. The van der Waals surface area contributed by atoms with Gasteiger partial charge in [0.05, 0.1) is 13.7 Å². The van der Waals surface area contributed by atoms with Crippen LogP contribution in [0.2, 0.25) is 0 Å². The van der Waals surface area contributed by atoms with Crippen LogP contribution in [0.5, 0.6) is 11.6 Å². The third-order valence-electron chi connectivity index (χ3n) is 3.90. The van der Waals surface area contributed by atoms with E-state index in [0.717, 1.165) is 6.20 Å². The Balaban J connectivity index is 2.12. The van der Waals surface area contributed by atoms with Crippen molar-refractivity contribution in [1.29, 1.82) is 0 Å². The minimum atomic E-state index is -4.56. The molecule has 1 aromatic carbocycles. The molecule has 0 amide bonds. The minimum Gasteiger partial charge on any atom is -0.494 e. The Morgan fingerprint density at radius 2 is 1.85 bits per heavy atom. The van der Waals surface area contributed by atoms with E-state index >= 15 is 0 Å². The number of nitrogens with zero attached hydrogens (tertiary/aromatic N) is 3. The lowest BCUT2D eigenvalue weighted by Crippen LogP contribution is -2.05. The van der Waals surface area contributed by atoms with Crippen LogP contribution in [-0.2, 0) is 6.18 Å². The highest BCUT2D eigenvalue weighted by Gasteiger charge is 2.35. The second-order valence-corrected chi connectivity index (χ2v) is 5.79. The van der Waals surface area contributed by atoms with Crippen molar-refractivity contribution in [3.8, 4) is 28.7 Å². The van der Waals surface area contributed by atoms with Crippen molar-refractivity contribution >= 4 is 0 Å². The number of ether oxygens (including phenoxy) is 2. The molecule has 0 aliphatic rings. The number of rotatable bonds is 5. The van der Waals surface area contributed by atoms with E-state index in [4.69, 9.17) is 9.47 Å². The van der Waals surface area contributed by atoms with E-state index in [1.54, 1.807) is 37.3 Å². The van der Waals surface area contributed by atoms with E-state index in [2.05, 4.69) is 9.97 Å². The Morgan fingerprint density at radius 1 is 1.15 bits per heavy atom. The highest BCUT2D eigenvalue weighted by atomic mass is 19.4. The number of methoxy groups -OCH3 is 1. The molecule has 3 aromatic rings. The summed E-state index contributed by atoms with van der Waals surface area (Å²) in [5, 5.41) is 0. The van der Waals surface area contributed by atoms with Crippen molar-refractivity contribution < 1.29 is 22.6 Å². The maximum Gasteiger partial charge on any atom is 0.434 e. The molecule has 3 rings (SSSR count). The summed E-state index contributed by atoms with van der Waals surface area (Å²) in [6.07, 6.45) is -2.13. The summed E-state index contributed by atoms with van der Waals surface area (Å²) in [5.74, 6) is 1.19. The Labute approximate surface area is 154 Å². The Hall–Kier alpha value is -3.03. The highest BCUT2D eigenvalue weighted by molar-refractivity contribution is 5.60. The predicted octanol–water partition coefficient (Wildman–Crippen LogP) is 4.67. The maximum absolute atomic E-state index is 13.2. The number of hydrogen-bond donors (Lipinski definition) is 0. The lowest BCUT2D eigenvalue weighted by Gasteiger charge is -2.10. The summed E-state index contributed by atoms with van der Waals surface area (Å²) in [4.78, 5) is 7.95. The lowest BCUT2D eigenvalue weighted by molar-refractivity contribution is -0.140. The van der Waals surface area contributed by atoms with Crippen LogP contribution in [-0.4, -0.2) is 28.3 Å². The molecule has 0 saturated heterocycles. The van der Waals surface area contributed by atoms with Crippen LogP contribution in [0.4, 0.5) is 13.2 Å². The first kappa shape index (κ1) is 18.8. The third-order valence-corrected chi connectivity index (χ3v) is 3.90. The molecule has 0 fully saturated rings. The van der Waals surface area contributed by atoms with Gasteiger partial charge in [-0.1, -0.05) is 0 Å². The first-order valence-corrected chi connectivity index (χ1v) is 8.24. The van der Waals surface area contributed by atoms with Gasteiger partial charge in [0, 0.05) is 29.2 Å². The summed E-state index contributed by atoms with van der Waals surface area (Å²) < 4.78 is 51.6. The van der Waals surface area contributed by atoms with E-state index in [9.17, 15) is 13.2 Å². The molecule has 142 valence electrons. The summed E-state index contributed by atoms with van der Waals surface area (Å²) in [6, 6.07) is 8.46. The van der Waals surface area contributed by atoms with Crippen molar-refractivity contribution in [3.05, 3.63) is 54.0 Å². The summed E-state index contributed by atoms with van der Waals surface area (Å²) in [6.45, 7) is 4.13. The summed E-state index contributed by atoms with van der Waals surface area (Å²) in [5.41, 5.74) is 0.715. The van der Waals surface area contributed by atoms with Gasteiger partial charge in [-0.2, -0.15) is 13.2 Å². The quantitative estimate of drug-likeness (QED) is 0.648. The van der Waals surface area contributed by atoms with Gasteiger partial charge in [0.1, 0.15) is 11.6 Å². The standard InChI is InChI=1S/C19H18F3N3O2/c1-4-27-15-7-5-14(6-8-15)25-11-16(19(20,21)22)24-17(25)13-9-12(2)18(26-3)23-10-13/h5-11H,4H2,1-3H3. The van der Waals surface area contributed by atoms with Crippen molar-refractivity contribution in [2.45, 2.75) is 20.0 Å². The monoisotopic (exact) mass is 377 g/mol. The topological polar surface area (TPSA) is 49.2 Å². The normalized spacial score (nSPS) is 11.5. The van der Waals surface area contributed by atoms with Crippen LogP contribution < -0.4 is 9.47 Å². The fourth-order valence-electron chi connectivity index (χ4n) is 2.69. The van der Waals surface area contributed by atoms with Gasteiger partial charge < -0.3 is 9.47 Å². The van der Waals surface area contributed by atoms with Crippen LogP contribution in [0.1, 0.15) is 18.2 Å². The van der Waals surface area contributed by atoms with E-state index in [0.29, 0.717) is 35.1 Å². The number of aryl methyl sites for hydroxylation is 1. The van der Waals surface area contributed by atoms with Crippen molar-refractivity contribution in [2.24, 2.45) is 0 Å². The number of aromatic nitrogens is 3. The maximum atomic E-state index is 13.2. The molecule has 0 aliphatic carbocycles. The number of pyridine rings is 1. The fourth-order valence-corrected chi connectivity index (χ4v) is 2.69. The molecule has 0 radical (unpaired) electrons. The van der Waals surface area contributed by atoms with Gasteiger partial charge in [0.2, 0.25) is 5.88 Å². The molecule has 0 saturated carbocycles. The Morgan fingerprint density at radius 3 is 2.41 bits per heavy atom. The molecule has 0 bridgehead atoms. The number of benzene rings is 1. The zero-order valence-electron chi connectivity index (χ0n) is 15.0.